The quantitative estimate of drug-likeness (QED) is 0.358. The van der Waals surface area contributed by atoms with Crippen LogP contribution in [0.15, 0.2) is 14.4 Å². The van der Waals surface area contributed by atoms with E-state index in [1.165, 1.54) is 0 Å². The van der Waals surface area contributed by atoms with Crippen LogP contribution < -0.4 is 17.1 Å². The normalized spacial score (nSPS) is 8.40. The van der Waals surface area contributed by atoms with E-state index in [4.69, 9.17) is 0 Å². The Hall–Kier alpha value is -1.06. The molecule has 0 unspecified atom stereocenters. The lowest BCUT2D eigenvalue weighted by atomic mass is 11.0. The van der Waals surface area contributed by atoms with Crippen LogP contribution >= 0.6 is 0 Å². The van der Waals surface area contributed by atoms with Crippen molar-refractivity contribution in [2.75, 3.05) is 0 Å². The van der Waals surface area contributed by atoms with Crippen molar-refractivity contribution < 1.29 is 0 Å². The van der Waals surface area contributed by atoms with Gasteiger partial charge in [0, 0.05) is 17.4 Å². The van der Waals surface area contributed by atoms with Gasteiger partial charge in [-0.15, -0.1) is 0 Å². The second-order valence-electron chi connectivity index (χ2n) is 1.36. The number of H-pyrrole nitrogens is 3. The highest BCUT2D eigenvalue weighted by atomic mass is 27.0. The third kappa shape index (κ3) is 2.05. The minimum absolute atomic E-state index is 0. The van der Waals surface area contributed by atoms with Gasteiger partial charge in [-0.05, 0) is 0 Å². The Kier molecular flexibility index (Phi) is 2.86. The van der Waals surface area contributed by atoms with Crippen LogP contribution in [0.25, 0.3) is 0 Å². The highest BCUT2D eigenvalue weighted by Crippen LogP contribution is 1.29. The van der Waals surface area contributed by atoms with Gasteiger partial charge in [-0.1, -0.05) is 0 Å². The van der Waals surface area contributed by atoms with Crippen molar-refractivity contribution in [3.63, 3.8) is 0 Å². The van der Waals surface area contributed by atoms with Crippen molar-refractivity contribution in [1.82, 2.24) is 15.0 Å². The molecule has 0 aromatic carbocycles. The van der Waals surface area contributed by atoms with Crippen molar-refractivity contribution in [3.05, 3.63) is 31.5 Å². The second kappa shape index (κ2) is 3.20. The first-order chi connectivity index (χ1) is 4.18. The first-order valence-corrected chi connectivity index (χ1v) is 2.11. The first-order valence-electron chi connectivity index (χ1n) is 2.11. The Balaban J connectivity index is 0.000000810. The molecule has 10 heavy (non-hydrogen) atoms. The fraction of sp³-hybridized carbons (Fsp3) is 0. The van der Waals surface area contributed by atoms with E-state index in [-0.39, 0.29) is 17.4 Å². The Labute approximate surface area is 64.4 Å². The predicted octanol–water partition coefficient (Wildman–Crippen LogP) is -2.63. The van der Waals surface area contributed by atoms with Crippen molar-refractivity contribution in [2.45, 2.75) is 0 Å². The monoisotopic (exact) mass is 156 g/mol. The van der Waals surface area contributed by atoms with E-state index in [1.54, 1.807) is 15.0 Å². The summed E-state index contributed by atoms with van der Waals surface area (Å²) in [6, 6.07) is 0. The molecule has 6 nitrogen and oxygen atoms in total. The summed E-state index contributed by atoms with van der Waals surface area (Å²) < 4.78 is 0. The topological polar surface area (TPSA) is 98.6 Å². The summed E-state index contributed by atoms with van der Waals surface area (Å²) in [4.78, 5) is 35.9. The molecule has 0 bridgehead atoms. The van der Waals surface area contributed by atoms with Crippen LogP contribution in [0.1, 0.15) is 0 Å². The average Bonchev–Trinajstić information content (AvgIpc) is 1.59. The van der Waals surface area contributed by atoms with Gasteiger partial charge in [0.05, 0.1) is 0 Å². The largest absolute Gasteiger partial charge is 0.330 e. The minimum atomic E-state index is -0.802. The molecule has 1 heterocycles. The van der Waals surface area contributed by atoms with Gasteiger partial charge in [-0.3, -0.25) is 15.0 Å². The van der Waals surface area contributed by atoms with Crippen molar-refractivity contribution in [2.24, 2.45) is 0 Å². The summed E-state index contributed by atoms with van der Waals surface area (Å²) in [6.07, 6.45) is 0. The lowest BCUT2D eigenvalue weighted by Crippen LogP contribution is -2.34. The summed E-state index contributed by atoms with van der Waals surface area (Å²) in [5.41, 5.74) is -2.41. The summed E-state index contributed by atoms with van der Waals surface area (Å²) in [6.45, 7) is 0. The maximum atomic E-state index is 10.2. The third-order valence-electron chi connectivity index (χ3n) is 0.681. The highest BCUT2D eigenvalue weighted by Gasteiger charge is 1.84. The van der Waals surface area contributed by atoms with Gasteiger partial charge in [-0.2, -0.15) is 0 Å². The van der Waals surface area contributed by atoms with E-state index in [0.717, 1.165) is 0 Å². The number of nitrogens with one attached hydrogen (secondary N) is 3. The molecule has 0 saturated carbocycles. The van der Waals surface area contributed by atoms with Crippen LogP contribution in [0.4, 0.5) is 0 Å². The fourth-order valence-electron chi connectivity index (χ4n) is 0.403. The van der Waals surface area contributed by atoms with E-state index in [9.17, 15) is 14.4 Å². The predicted molar refractivity (Wildman–Crippen MR) is 34.1 cm³/mol. The van der Waals surface area contributed by atoms with Crippen LogP contribution in [0.2, 0.25) is 0 Å². The molecule has 0 aliphatic carbocycles. The van der Waals surface area contributed by atoms with Gasteiger partial charge in [0.1, 0.15) is 0 Å². The zero-order valence-electron chi connectivity index (χ0n) is 4.80. The Bertz CT molecular complexity index is 281. The molecule has 0 amide bonds. The molecular formula is C3H3AlN3O3. The lowest BCUT2D eigenvalue weighted by molar-refractivity contribution is 0.888. The van der Waals surface area contributed by atoms with Gasteiger partial charge in [-0.25, -0.2) is 14.4 Å². The van der Waals surface area contributed by atoms with Crippen molar-refractivity contribution in [1.29, 1.82) is 0 Å². The molecule has 7 heteroatoms. The minimum Gasteiger partial charge on any atom is -0.259 e. The lowest BCUT2D eigenvalue weighted by Gasteiger charge is -1.77. The number of hydrogen-bond donors (Lipinski definition) is 3. The summed E-state index contributed by atoms with van der Waals surface area (Å²) >= 11 is 0. The number of aromatic nitrogens is 3. The summed E-state index contributed by atoms with van der Waals surface area (Å²) in [5.74, 6) is 0. The number of rotatable bonds is 0. The maximum absolute atomic E-state index is 10.2. The van der Waals surface area contributed by atoms with Crippen molar-refractivity contribution in [3.8, 4) is 0 Å². The van der Waals surface area contributed by atoms with Gasteiger partial charge >= 0.3 is 17.1 Å². The second-order valence-corrected chi connectivity index (χ2v) is 1.36. The Morgan fingerprint density at radius 1 is 0.700 bits per heavy atom. The zero-order valence-corrected chi connectivity index (χ0v) is 5.96. The van der Waals surface area contributed by atoms with Crippen LogP contribution in [-0.2, 0) is 0 Å². The zero-order chi connectivity index (χ0) is 6.85. The van der Waals surface area contributed by atoms with Crippen LogP contribution in [-0.4, -0.2) is 32.3 Å². The SMILES string of the molecule is O=c1[nH]c(=O)[nH]c(=O)[nH]1.[Al]. The molecule has 0 aliphatic heterocycles. The molecule has 3 radical (unpaired) electrons. The maximum Gasteiger partial charge on any atom is 0.330 e. The molecule has 0 atom stereocenters. The van der Waals surface area contributed by atoms with Gasteiger partial charge in [0.25, 0.3) is 0 Å². The molecule has 3 N–H and O–H groups in total. The molecule has 1 rings (SSSR count). The molecule has 1 aromatic rings. The molecule has 1 aromatic heterocycles. The fourth-order valence-corrected chi connectivity index (χ4v) is 0.403. The van der Waals surface area contributed by atoms with E-state index in [0.29, 0.717) is 0 Å². The highest BCUT2D eigenvalue weighted by molar-refractivity contribution is 5.75. The van der Waals surface area contributed by atoms with E-state index in [2.05, 4.69) is 0 Å². The van der Waals surface area contributed by atoms with Crippen LogP contribution in [0, 0.1) is 0 Å². The molecule has 0 fully saturated rings. The van der Waals surface area contributed by atoms with E-state index in [1.807, 2.05) is 0 Å². The van der Waals surface area contributed by atoms with E-state index < -0.39 is 17.1 Å². The molecule has 0 spiro atoms. The van der Waals surface area contributed by atoms with Gasteiger partial charge < -0.3 is 0 Å². The van der Waals surface area contributed by atoms with Crippen molar-refractivity contribution >= 4 is 17.4 Å². The first kappa shape index (κ1) is 8.94. The number of hydrogen-bond acceptors (Lipinski definition) is 3. The molecule has 0 saturated heterocycles. The summed E-state index contributed by atoms with van der Waals surface area (Å²) in [7, 11) is 0. The van der Waals surface area contributed by atoms with Crippen LogP contribution in [0.5, 0.6) is 0 Å². The standard InChI is InChI=1S/C3H3N3O3.Al/c7-1-4-2(8)6-3(9)5-1;/h(H3,4,5,6,7,8,9);. The van der Waals surface area contributed by atoms with Crippen LogP contribution in [0.3, 0.4) is 0 Å². The van der Waals surface area contributed by atoms with E-state index >= 15 is 0 Å². The smallest absolute Gasteiger partial charge is 0.259 e. The molecular weight excluding hydrogens is 153 g/mol. The van der Waals surface area contributed by atoms with Gasteiger partial charge in [0.2, 0.25) is 0 Å². The average molecular weight is 156 g/mol. The third-order valence-corrected chi connectivity index (χ3v) is 0.681. The van der Waals surface area contributed by atoms with Gasteiger partial charge in [0.15, 0.2) is 0 Å². The summed E-state index contributed by atoms with van der Waals surface area (Å²) in [5, 5.41) is 0. The Morgan fingerprint density at radius 3 is 1.10 bits per heavy atom. The molecule has 0 aliphatic rings. The number of aromatic amines is 3. The Morgan fingerprint density at radius 2 is 0.900 bits per heavy atom. The molecule has 51 valence electrons.